The van der Waals surface area contributed by atoms with Crippen molar-refractivity contribution in [3.05, 3.63) is 0 Å². The average molecular weight is 300 g/mol. The summed E-state index contributed by atoms with van der Waals surface area (Å²) in [5, 5.41) is 8.79. The first-order chi connectivity index (χ1) is 10.1. The number of unbranched alkanes of at least 4 members (excludes halogenated alkanes) is 6. The van der Waals surface area contributed by atoms with E-state index < -0.39 is 5.97 Å². The molecule has 4 nitrogen and oxygen atoms in total. The first kappa shape index (κ1) is 19.9. The number of carboxylic acid groups (broad SMARTS) is 1. The molecule has 0 radical (unpaired) electrons. The molecule has 21 heavy (non-hydrogen) atoms. The lowest BCUT2D eigenvalue weighted by atomic mass is 9.91. The highest BCUT2D eigenvalue weighted by Gasteiger charge is 2.13. The first-order valence-electron chi connectivity index (χ1n) is 8.38. The monoisotopic (exact) mass is 300 g/mol. The zero-order valence-electron chi connectivity index (χ0n) is 13.7. The highest BCUT2D eigenvalue weighted by molar-refractivity contribution is 5.69. The molecule has 0 aliphatic rings. The molecule has 0 aliphatic carbocycles. The lowest BCUT2D eigenvalue weighted by Gasteiger charge is -2.15. The number of carbonyl (C=O) groups excluding carboxylic acids is 1. The molecule has 0 spiro atoms. The molecule has 0 aromatic heterocycles. The Morgan fingerprint density at radius 1 is 0.905 bits per heavy atom. The summed E-state index contributed by atoms with van der Waals surface area (Å²) >= 11 is 0. The first-order valence-corrected chi connectivity index (χ1v) is 8.38. The van der Waals surface area contributed by atoms with Crippen LogP contribution in [-0.2, 0) is 14.3 Å². The number of hydrogen-bond acceptors (Lipinski definition) is 3. The fourth-order valence-electron chi connectivity index (χ4n) is 2.57. The van der Waals surface area contributed by atoms with E-state index in [0.29, 0.717) is 18.8 Å². The van der Waals surface area contributed by atoms with Gasteiger partial charge in [0, 0.05) is 12.8 Å². The molecule has 0 aromatic rings. The van der Waals surface area contributed by atoms with Crippen molar-refractivity contribution in [3.8, 4) is 0 Å². The zero-order chi connectivity index (χ0) is 15.9. The minimum Gasteiger partial charge on any atom is -0.481 e. The standard InChI is InChI=1S/C17H32O4/c1-3-4-5-6-7-8-9-10-15(11-13-16(18)19)12-14-17(20)21-2/h15H,3-14H2,1-2H3,(H,18,19). The highest BCUT2D eigenvalue weighted by atomic mass is 16.5. The number of methoxy groups -OCH3 is 1. The third-order valence-corrected chi connectivity index (χ3v) is 3.97. The van der Waals surface area contributed by atoms with E-state index in [1.54, 1.807) is 0 Å². The Hall–Kier alpha value is -1.06. The molecule has 1 atom stereocenters. The molecular weight excluding hydrogens is 268 g/mol. The van der Waals surface area contributed by atoms with Gasteiger partial charge in [-0.2, -0.15) is 0 Å². The van der Waals surface area contributed by atoms with Crippen LogP contribution >= 0.6 is 0 Å². The van der Waals surface area contributed by atoms with Crippen LogP contribution in [0.4, 0.5) is 0 Å². The van der Waals surface area contributed by atoms with E-state index in [2.05, 4.69) is 11.7 Å². The number of aliphatic carboxylic acids is 1. The van der Waals surface area contributed by atoms with Crippen LogP contribution in [0, 0.1) is 5.92 Å². The molecule has 124 valence electrons. The molecule has 0 aliphatic heterocycles. The Kier molecular flexibility index (Phi) is 13.2. The predicted molar refractivity (Wildman–Crippen MR) is 84.2 cm³/mol. The van der Waals surface area contributed by atoms with Gasteiger partial charge in [-0.3, -0.25) is 9.59 Å². The van der Waals surface area contributed by atoms with E-state index in [0.717, 1.165) is 19.3 Å². The topological polar surface area (TPSA) is 63.6 Å². The number of rotatable bonds is 14. The van der Waals surface area contributed by atoms with Gasteiger partial charge in [-0.15, -0.1) is 0 Å². The van der Waals surface area contributed by atoms with Gasteiger partial charge in [-0.1, -0.05) is 58.3 Å². The van der Waals surface area contributed by atoms with Crippen LogP contribution in [0.15, 0.2) is 0 Å². The van der Waals surface area contributed by atoms with Crippen molar-refractivity contribution in [1.82, 2.24) is 0 Å². The third kappa shape index (κ3) is 13.7. The Morgan fingerprint density at radius 3 is 2.05 bits per heavy atom. The fraction of sp³-hybridized carbons (Fsp3) is 0.882. The average Bonchev–Trinajstić information content (AvgIpc) is 2.47. The summed E-state index contributed by atoms with van der Waals surface area (Å²) in [5.74, 6) is -0.622. The van der Waals surface area contributed by atoms with Gasteiger partial charge in [0.1, 0.15) is 0 Å². The van der Waals surface area contributed by atoms with Crippen molar-refractivity contribution in [2.75, 3.05) is 7.11 Å². The SMILES string of the molecule is CCCCCCCCCC(CCC(=O)O)CCC(=O)OC. The lowest BCUT2D eigenvalue weighted by Crippen LogP contribution is -2.09. The van der Waals surface area contributed by atoms with Crippen LogP contribution in [0.5, 0.6) is 0 Å². The van der Waals surface area contributed by atoms with Crippen LogP contribution in [0.2, 0.25) is 0 Å². The summed E-state index contributed by atoms with van der Waals surface area (Å²) in [6.07, 6.45) is 11.9. The number of carbonyl (C=O) groups is 2. The molecular formula is C17H32O4. The van der Waals surface area contributed by atoms with Crippen LogP contribution in [0.3, 0.4) is 0 Å². The van der Waals surface area contributed by atoms with E-state index in [4.69, 9.17) is 5.11 Å². The molecule has 0 rings (SSSR count). The van der Waals surface area contributed by atoms with E-state index in [-0.39, 0.29) is 12.4 Å². The Morgan fingerprint density at radius 2 is 1.48 bits per heavy atom. The normalized spacial score (nSPS) is 12.1. The maximum Gasteiger partial charge on any atom is 0.305 e. The number of hydrogen-bond donors (Lipinski definition) is 1. The summed E-state index contributed by atoms with van der Waals surface area (Å²) in [4.78, 5) is 21.9. The maximum atomic E-state index is 11.2. The molecule has 0 amide bonds. The van der Waals surface area contributed by atoms with Gasteiger partial charge in [0.2, 0.25) is 0 Å². The highest BCUT2D eigenvalue weighted by Crippen LogP contribution is 2.22. The minimum absolute atomic E-state index is 0.197. The Labute approximate surface area is 129 Å². The van der Waals surface area contributed by atoms with E-state index in [1.807, 2.05) is 0 Å². The van der Waals surface area contributed by atoms with Gasteiger partial charge >= 0.3 is 11.9 Å². The van der Waals surface area contributed by atoms with Crippen molar-refractivity contribution >= 4 is 11.9 Å². The molecule has 0 aromatic carbocycles. The quantitative estimate of drug-likeness (QED) is 0.377. The van der Waals surface area contributed by atoms with Gasteiger partial charge in [-0.25, -0.2) is 0 Å². The van der Waals surface area contributed by atoms with Gasteiger partial charge < -0.3 is 9.84 Å². The number of carboxylic acids is 1. The van der Waals surface area contributed by atoms with Crippen molar-refractivity contribution in [2.24, 2.45) is 5.92 Å². The third-order valence-electron chi connectivity index (χ3n) is 3.97. The fourth-order valence-corrected chi connectivity index (χ4v) is 2.57. The van der Waals surface area contributed by atoms with Gasteiger partial charge in [0.25, 0.3) is 0 Å². The van der Waals surface area contributed by atoms with Gasteiger partial charge in [0.15, 0.2) is 0 Å². The van der Waals surface area contributed by atoms with Crippen LogP contribution < -0.4 is 0 Å². The van der Waals surface area contributed by atoms with Gasteiger partial charge in [-0.05, 0) is 18.8 Å². The minimum atomic E-state index is -0.752. The lowest BCUT2D eigenvalue weighted by molar-refractivity contribution is -0.141. The Balaban J connectivity index is 3.81. The summed E-state index contributed by atoms with van der Waals surface area (Å²) in [5.41, 5.74) is 0. The second-order valence-corrected chi connectivity index (χ2v) is 5.82. The second kappa shape index (κ2) is 13.9. The van der Waals surface area contributed by atoms with Crippen molar-refractivity contribution in [3.63, 3.8) is 0 Å². The largest absolute Gasteiger partial charge is 0.481 e. The molecule has 4 heteroatoms. The van der Waals surface area contributed by atoms with E-state index in [9.17, 15) is 9.59 Å². The van der Waals surface area contributed by atoms with E-state index >= 15 is 0 Å². The van der Waals surface area contributed by atoms with Gasteiger partial charge in [0.05, 0.1) is 7.11 Å². The Bertz CT molecular complexity index is 276. The summed E-state index contributed by atoms with van der Waals surface area (Å²) in [7, 11) is 1.39. The molecule has 0 heterocycles. The zero-order valence-corrected chi connectivity index (χ0v) is 13.7. The van der Waals surface area contributed by atoms with Crippen molar-refractivity contribution in [1.29, 1.82) is 0 Å². The van der Waals surface area contributed by atoms with Crippen LogP contribution in [-0.4, -0.2) is 24.2 Å². The summed E-state index contributed by atoms with van der Waals surface area (Å²) in [6, 6.07) is 0. The summed E-state index contributed by atoms with van der Waals surface area (Å²) < 4.78 is 4.65. The molecule has 0 saturated heterocycles. The van der Waals surface area contributed by atoms with Crippen molar-refractivity contribution in [2.45, 2.75) is 84.0 Å². The molecule has 1 N–H and O–H groups in total. The van der Waals surface area contributed by atoms with Crippen LogP contribution in [0.25, 0.3) is 0 Å². The second-order valence-electron chi connectivity index (χ2n) is 5.82. The predicted octanol–water partition coefficient (Wildman–Crippen LogP) is 4.56. The van der Waals surface area contributed by atoms with Crippen molar-refractivity contribution < 1.29 is 19.4 Å². The number of esters is 1. The maximum absolute atomic E-state index is 11.2. The smallest absolute Gasteiger partial charge is 0.305 e. The molecule has 0 bridgehead atoms. The molecule has 0 fully saturated rings. The van der Waals surface area contributed by atoms with E-state index in [1.165, 1.54) is 45.6 Å². The molecule has 1 unspecified atom stereocenters. The number of ether oxygens (including phenoxy) is 1. The molecule has 0 saturated carbocycles. The summed E-state index contributed by atoms with van der Waals surface area (Å²) in [6.45, 7) is 2.22. The van der Waals surface area contributed by atoms with Crippen LogP contribution in [0.1, 0.15) is 84.0 Å².